The van der Waals surface area contributed by atoms with Crippen LogP contribution in [0.5, 0.6) is 5.75 Å². The van der Waals surface area contributed by atoms with Crippen LogP contribution in [0.1, 0.15) is 57.7 Å². The summed E-state index contributed by atoms with van der Waals surface area (Å²) in [4.78, 5) is 32.0. The molecule has 4 aromatic rings. The molecule has 2 heterocycles. The van der Waals surface area contributed by atoms with Crippen LogP contribution in [0.15, 0.2) is 65.2 Å². The van der Waals surface area contributed by atoms with Crippen molar-refractivity contribution in [3.63, 3.8) is 0 Å². The van der Waals surface area contributed by atoms with Crippen molar-refractivity contribution in [3.05, 3.63) is 94.3 Å². The number of carbonyl (C=O) groups is 2. The Hall–Kier alpha value is -4.55. The van der Waals surface area contributed by atoms with E-state index in [9.17, 15) is 18.0 Å². The molecule has 0 atom stereocenters. The summed E-state index contributed by atoms with van der Waals surface area (Å²) < 4.78 is 38.3. The number of rotatable bonds is 11. The fourth-order valence-electron chi connectivity index (χ4n) is 5.12. The number of hydrogen-bond acceptors (Lipinski definition) is 9. The molecule has 11 nitrogen and oxygen atoms in total. The lowest BCUT2D eigenvalue weighted by Gasteiger charge is -2.30. The molecule has 0 saturated heterocycles. The number of nitrogens with zero attached hydrogens (tertiary/aromatic N) is 3. The molecule has 0 fully saturated rings. The Labute approximate surface area is 256 Å². The number of nitrogens with one attached hydrogen (secondary N) is 1. The van der Waals surface area contributed by atoms with E-state index in [0.717, 1.165) is 52.8 Å². The standard InChI is InChI=1S/C32H34N4O7S/c1-21-9-4-15-28(22(21)2)41-18-8-16-30(37)36-17-7-13-25-26(12-6-14-27(25)36)32-33-29(34-42-32)20-23-10-5-11-24(19-23)31(38)35-43-44(3,39)40/h4-6,9-12,14-15,19H,7-8,13,16-18,20H2,1-3H3,(H,35,38). The molecule has 1 N–H and O–H groups in total. The first-order valence-electron chi connectivity index (χ1n) is 14.3. The van der Waals surface area contributed by atoms with Crippen LogP contribution < -0.4 is 15.1 Å². The van der Waals surface area contributed by atoms with E-state index in [1.807, 2.05) is 60.6 Å². The number of aromatic nitrogens is 2. The Balaban J connectivity index is 1.24. The van der Waals surface area contributed by atoms with Crippen LogP contribution in [0, 0.1) is 13.8 Å². The highest BCUT2D eigenvalue weighted by Crippen LogP contribution is 2.35. The van der Waals surface area contributed by atoms with Gasteiger partial charge in [-0.1, -0.05) is 35.5 Å². The Morgan fingerprint density at radius 1 is 1.07 bits per heavy atom. The molecule has 0 saturated carbocycles. The second-order valence-corrected chi connectivity index (χ2v) is 12.3. The highest BCUT2D eigenvalue weighted by atomic mass is 32.2. The molecular formula is C32H34N4O7S. The second-order valence-electron chi connectivity index (χ2n) is 10.7. The number of ether oxygens (including phenoxy) is 1. The van der Waals surface area contributed by atoms with Crippen molar-refractivity contribution in [2.45, 2.75) is 46.0 Å². The number of benzene rings is 3. The summed E-state index contributed by atoms with van der Waals surface area (Å²) in [5, 5.41) is 4.14. The molecule has 5 rings (SSSR count). The molecule has 1 aliphatic rings. The van der Waals surface area contributed by atoms with Crippen molar-refractivity contribution in [3.8, 4) is 17.2 Å². The molecule has 3 aromatic carbocycles. The molecule has 2 amide bonds. The predicted molar refractivity (Wildman–Crippen MR) is 164 cm³/mol. The van der Waals surface area contributed by atoms with Gasteiger partial charge in [-0.05, 0) is 85.7 Å². The largest absolute Gasteiger partial charge is 0.493 e. The molecule has 44 heavy (non-hydrogen) atoms. The van der Waals surface area contributed by atoms with Crippen molar-refractivity contribution in [2.75, 3.05) is 24.3 Å². The first-order valence-corrected chi connectivity index (χ1v) is 16.1. The van der Waals surface area contributed by atoms with Crippen LogP contribution >= 0.6 is 0 Å². The van der Waals surface area contributed by atoms with E-state index in [1.165, 1.54) is 11.6 Å². The van der Waals surface area contributed by atoms with E-state index >= 15 is 0 Å². The number of carbonyl (C=O) groups excluding carboxylic acids is 2. The van der Waals surface area contributed by atoms with Gasteiger partial charge in [0, 0.05) is 36.2 Å². The fraction of sp³-hybridized carbons (Fsp3) is 0.312. The first-order chi connectivity index (χ1) is 21.1. The normalized spacial score (nSPS) is 12.9. The monoisotopic (exact) mass is 618 g/mol. The van der Waals surface area contributed by atoms with E-state index < -0.39 is 16.0 Å². The third-order valence-electron chi connectivity index (χ3n) is 7.43. The molecule has 1 aromatic heterocycles. The minimum absolute atomic E-state index is 0.0461. The molecule has 230 valence electrons. The SMILES string of the molecule is Cc1cccc(OCCCC(=O)N2CCCc3c(-c4nc(Cc5cccc(C(=O)NOS(C)(=O)=O)c5)no4)cccc32)c1C. The van der Waals surface area contributed by atoms with E-state index in [1.54, 1.807) is 18.2 Å². The van der Waals surface area contributed by atoms with Gasteiger partial charge in [-0.2, -0.15) is 13.4 Å². The highest BCUT2D eigenvalue weighted by Gasteiger charge is 2.26. The Bertz CT molecular complexity index is 1780. The molecule has 1 aliphatic heterocycles. The van der Waals surface area contributed by atoms with Gasteiger partial charge >= 0.3 is 0 Å². The van der Waals surface area contributed by atoms with Crippen LogP contribution in [0.3, 0.4) is 0 Å². The van der Waals surface area contributed by atoms with Gasteiger partial charge in [-0.25, -0.2) is 5.48 Å². The highest BCUT2D eigenvalue weighted by molar-refractivity contribution is 7.85. The first kappa shape index (κ1) is 30.9. The summed E-state index contributed by atoms with van der Waals surface area (Å²) in [5.41, 5.74) is 7.74. The summed E-state index contributed by atoms with van der Waals surface area (Å²) in [5.74, 6) is 0.958. The predicted octanol–water partition coefficient (Wildman–Crippen LogP) is 4.70. The lowest BCUT2D eigenvalue weighted by molar-refractivity contribution is -0.118. The van der Waals surface area contributed by atoms with Crippen LogP contribution in [0.2, 0.25) is 0 Å². The topological polar surface area (TPSA) is 141 Å². The summed E-state index contributed by atoms with van der Waals surface area (Å²) in [6, 6.07) is 18.3. The molecular weight excluding hydrogens is 584 g/mol. The number of hydrogen-bond donors (Lipinski definition) is 1. The second kappa shape index (κ2) is 13.4. The number of amides is 2. The third-order valence-corrected chi connectivity index (χ3v) is 7.82. The van der Waals surface area contributed by atoms with Crippen molar-refractivity contribution < 1.29 is 31.6 Å². The van der Waals surface area contributed by atoms with Gasteiger partial charge in [-0.3, -0.25) is 9.59 Å². The zero-order chi connectivity index (χ0) is 31.3. The van der Waals surface area contributed by atoms with Crippen LogP contribution in [-0.4, -0.2) is 49.8 Å². The molecule has 0 unspecified atom stereocenters. The number of aryl methyl sites for hydroxylation is 1. The van der Waals surface area contributed by atoms with Gasteiger partial charge in [0.2, 0.25) is 5.91 Å². The number of fused-ring (bicyclic) bond motifs is 1. The quantitative estimate of drug-likeness (QED) is 0.187. The summed E-state index contributed by atoms with van der Waals surface area (Å²) in [6.07, 6.45) is 3.68. The zero-order valence-electron chi connectivity index (χ0n) is 24.8. The smallest absolute Gasteiger partial charge is 0.285 e. The molecule has 0 spiro atoms. The van der Waals surface area contributed by atoms with Gasteiger partial charge in [0.1, 0.15) is 5.75 Å². The summed E-state index contributed by atoms with van der Waals surface area (Å²) >= 11 is 0. The molecule has 12 heteroatoms. The van der Waals surface area contributed by atoms with Crippen molar-refractivity contribution in [1.29, 1.82) is 0 Å². The zero-order valence-corrected chi connectivity index (χ0v) is 25.6. The van der Waals surface area contributed by atoms with Gasteiger partial charge in [-0.15, -0.1) is 4.28 Å². The van der Waals surface area contributed by atoms with E-state index in [2.05, 4.69) is 14.4 Å². The number of hydroxylamine groups is 1. The molecule has 0 bridgehead atoms. The average Bonchev–Trinajstić information content (AvgIpc) is 3.47. The Morgan fingerprint density at radius 3 is 2.68 bits per heavy atom. The van der Waals surface area contributed by atoms with E-state index in [-0.39, 0.29) is 17.9 Å². The Kier molecular flexibility index (Phi) is 9.40. The van der Waals surface area contributed by atoms with E-state index in [4.69, 9.17) is 9.26 Å². The third kappa shape index (κ3) is 7.50. The van der Waals surface area contributed by atoms with Crippen LogP contribution in [0.4, 0.5) is 5.69 Å². The van der Waals surface area contributed by atoms with Gasteiger partial charge in [0.15, 0.2) is 5.82 Å². The van der Waals surface area contributed by atoms with Crippen LogP contribution in [0.25, 0.3) is 11.5 Å². The van der Waals surface area contributed by atoms with Gasteiger partial charge < -0.3 is 14.2 Å². The summed E-state index contributed by atoms with van der Waals surface area (Å²) in [6.45, 7) is 5.18. The maximum absolute atomic E-state index is 13.3. The summed E-state index contributed by atoms with van der Waals surface area (Å²) in [7, 11) is -3.83. The van der Waals surface area contributed by atoms with Crippen molar-refractivity contribution >= 4 is 27.6 Å². The number of anilines is 1. The maximum atomic E-state index is 13.3. The van der Waals surface area contributed by atoms with E-state index in [0.29, 0.717) is 37.7 Å². The van der Waals surface area contributed by atoms with Crippen LogP contribution in [-0.2, 0) is 32.0 Å². The fourth-order valence-corrected chi connectivity index (χ4v) is 5.34. The molecule has 0 radical (unpaired) electrons. The molecule has 0 aliphatic carbocycles. The lowest BCUT2D eigenvalue weighted by atomic mass is 9.95. The van der Waals surface area contributed by atoms with Crippen molar-refractivity contribution in [2.24, 2.45) is 0 Å². The van der Waals surface area contributed by atoms with Gasteiger partial charge in [0.25, 0.3) is 21.9 Å². The minimum Gasteiger partial charge on any atom is -0.493 e. The average molecular weight is 619 g/mol. The van der Waals surface area contributed by atoms with Crippen molar-refractivity contribution in [1.82, 2.24) is 15.6 Å². The minimum atomic E-state index is -3.83. The Morgan fingerprint density at radius 2 is 1.86 bits per heavy atom. The maximum Gasteiger partial charge on any atom is 0.285 e. The lowest BCUT2D eigenvalue weighted by Crippen LogP contribution is -2.35. The van der Waals surface area contributed by atoms with Gasteiger partial charge in [0.05, 0.1) is 12.9 Å².